The fraction of sp³-hybridized carbons (Fsp3) is 0.227. The summed E-state index contributed by atoms with van der Waals surface area (Å²) in [4.78, 5) is 29.6. The highest BCUT2D eigenvalue weighted by atomic mass is 32.2. The topological polar surface area (TPSA) is 93.5 Å². The number of carbonyl (C=O) groups excluding carboxylic acids is 1. The molecule has 3 aromatic rings. The van der Waals surface area contributed by atoms with Gasteiger partial charge in [0.05, 0.1) is 12.7 Å². The monoisotopic (exact) mass is 441 g/mol. The number of amides is 1. The number of carbonyl (C=O) groups is 1. The highest BCUT2D eigenvalue weighted by Crippen LogP contribution is 2.39. The van der Waals surface area contributed by atoms with Crippen LogP contribution < -0.4 is 15.6 Å². The highest BCUT2D eigenvalue weighted by Gasteiger charge is 2.32. The van der Waals surface area contributed by atoms with Crippen LogP contribution in [0.15, 0.2) is 52.4 Å². The molecule has 0 aliphatic carbocycles. The molecule has 1 atom stereocenters. The Kier molecular flexibility index (Phi) is 5.69. The van der Waals surface area contributed by atoms with Gasteiger partial charge >= 0.3 is 0 Å². The summed E-state index contributed by atoms with van der Waals surface area (Å²) in [6.07, 6.45) is 0.0530. The van der Waals surface area contributed by atoms with Crippen LogP contribution in [0.3, 0.4) is 0 Å². The lowest BCUT2D eigenvalue weighted by molar-refractivity contribution is -0.116. The number of nitrogens with one attached hydrogen (secondary N) is 1. The van der Waals surface area contributed by atoms with Crippen molar-refractivity contribution in [2.24, 2.45) is 7.05 Å². The Balaban J connectivity index is 1.73. The average Bonchev–Trinajstić information content (AvgIpc) is 2.75. The van der Waals surface area contributed by atoms with Gasteiger partial charge < -0.3 is 19.7 Å². The van der Waals surface area contributed by atoms with E-state index in [4.69, 9.17) is 4.74 Å². The van der Waals surface area contributed by atoms with Gasteiger partial charge in [-0.05, 0) is 29.3 Å². The van der Waals surface area contributed by atoms with Gasteiger partial charge in [-0.3, -0.25) is 9.59 Å². The number of thioether (sulfide) groups is 1. The van der Waals surface area contributed by atoms with Crippen molar-refractivity contribution >= 4 is 23.5 Å². The SMILES string of the molecule is COc1ccc([C@@H]2CC(=O)Nc3c2c(=O)nc(SCc2ccccc2F)n3C)cc1O. The number of rotatable bonds is 5. The summed E-state index contributed by atoms with van der Waals surface area (Å²) in [5.41, 5.74) is 0.987. The van der Waals surface area contributed by atoms with Crippen LogP contribution >= 0.6 is 11.8 Å². The zero-order chi connectivity index (χ0) is 22.1. The van der Waals surface area contributed by atoms with E-state index >= 15 is 0 Å². The molecule has 0 bridgehead atoms. The summed E-state index contributed by atoms with van der Waals surface area (Å²) in [6.45, 7) is 0. The lowest BCUT2D eigenvalue weighted by Gasteiger charge is -2.27. The van der Waals surface area contributed by atoms with Crippen LogP contribution in [0.25, 0.3) is 0 Å². The van der Waals surface area contributed by atoms with Crippen molar-refractivity contribution < 1.29 is 19.0 Å². The maximum absolute atomic E-state index is 13.9. The lowest BCUT2D eigenvalue weighted by atomic mass is 9.86. The number of aromatic hydroxyl groups is 1. The maximum atomic E-state index is 13.9. The maximum Gasteiger partial charge on any atom is 0.279 e. The number of ether oxygens (including phenoxy) is 1. The van der Waals surface area contributed by atoms with Crippen LogP contribution in [0.5, 0.6) is 11.5 Å². The summed E-state index contributed by atoms with van der Waals surface area (Å²) >= 11 is 1.21. The second-order valence-electron chi connectivity index (χ2n) is 7.14. The zero-order valence-corrected chi connectivity index (χ0v) is 17.7. The van der Waals surface area contributed by atoms with Crippen molar-refractivity contribution in [3.8, 4) is 11.5 Å². The van der Waals surface area contributed by atoms with E-state index in [0.29, 0.717) is 33.4 Å². The van der Waals surface area contributed by atoms with E-state index in [-0.39, 0.29) is 29.6 Å². The second-order valence-corrected chi connectivity index (χ2v) is 8.08. The first-order valence-electron chi connectivity index (χ1n) is 9.53. The summed E-state index contributed by atoms with van der Waals surface area (Å²) in [5, 5.41) is 13.3. The molecule has 1 amide bonds. The van der Waals surface area contributed by atoms with Crippen molar-refractivity contribution in [2.75, 3.05) is 12.4 Å². The minimum absolute atomic E-state index is 0.0530. The molecule has 2 heterocycles. The minimum atomic E-state index is -0.558. The molecular formula is C22H20FN3O4S. The molecule has 0 saturated heterocycles. The molecule has 31 heavy (non-hydrogen) atoms. The van der Waals surface area contributed by atoms with Gasteiger partial charge in [0.1, 0.15) is 11.6 Å². The molecule has 2 N–H and O–H groups in total. The molecule has 7 nitrogen and oxygen atoms in total. The molecular weight excluding hydrogens is 421 g/mol. The predicted molar refractivity (Wildman–Crippen MR) is 115 cm³/mol. The summed E-state index contributed by atoms with van der Waals surface area (Å²) in [7, 11) is 3.14. The number of methoxy groups -OCH3 is 1. The van der Waals surface area contributed by atoms with Crippen LogP contribution in [0.2, 0.25) is 0 Å². The third kappa shape index (κ3) is 4.00. The van der Waals surface area contributed by atoms with E-state index in [1.807, 2.05) is 0 Å². The number of phenols is 1. The molecule has 1 aromatic heterocycles. The van der Waals surface area contributed by atoms with E-state index in [0.717, 1.165) is 0 Å². The number of hydrogen-bond acceptors (Lipinski definition) is 6. The Hall–Kier alpha value is -3.33. The lowest BCUT2D eigenvalue weighted by Crippen LogP contribution is -2.33. The van der Waals surface area contributed by atoms with Gasteiger partial charge in [0, 0.05) is 25.1 Å². The fourth-order valence-corrected chi connectivity index (χ4v) is 4.58. The van der Waals surface area contributed by atoms with Gasteiger partial charge in [0.25, 0.3) is 5.56 Å². The predicted octanol–water partition coefficient (Wildman–Crippen LogP) is 3.40. The number of aromatic nitrogens is 2. The Bertz CT molecular complexity index is 1230. The van der Waals surface area contributed by atoms with Crippen LogP contribution in [-0.2, 0) is 17.6 Å². The molecule has 0 spiro atoms. The summed E-state index contributed by atoms with van der Waals surface area (Å²) in [5.74, 6) is -0.269. The van der Waals surface area contributed by atoms with Crippen molar-refractivity contribution in [1.29, 1.82) is 0 Å². The van der Waals surface area contributed by atoms with Crippen LogP contribution in [0, 0.1) is 5.82 Å². The van der Waals surface area contributed by atoms with Gasteiger partial charge in [0.2, 0.25) is 5.91 Å². The molecule has 0 unspecified atom stereocenters. The van der Waals surface area contributed by atoms with E-state index in [2.05, 4.69) is 10.3 Å². The van der Waals surface area contributed by atoms with E-state index in [9.17, 15) is 19.1 Å². The molecule has 0 saturated carbocycles. The molecule has 0 fully saturated rings. The van der Waals surface area contributed by atoms with Crippen molar-refractivity contribution in [2.45, 2.75) is 23.2 Å². The van der Waals surface area contributed by atoms with Crippen LogP contribution in [0.1, 0.15) is 29.0 Å². The van der Waals surface area contributed by atoms with Crippen LogP contribution in [-0.4, -0.2) is 27.7 Å². The van der Waals surface area contributed by atoms with Gasteiger partial charge in [-0.25, -0.2) is 4.39 Å². The van der Waals surface area contributed by atoms with Gasteiger partial charge in [-0.15, -0.1) is 0 Å². The normalized spacial score (nSPS) is 15.3. The van der Waals surface area contributed by atoms with E-state index in [1.54, 1.807) is 41.9 Å². The Labute approximate surface area is 181 Å². The highest BCUT2D eigenvalue weighted by molar-refractivity contribution is 7.98. The van der Waals surface area contributed by atoms with E-state index in [1.165, 1.54) is 31.0 Å². The molecule has 4 rings (SSSR count). The first-order valence-corrected chi connectivity index (χ1v) is 10.5. The molecule has 2 aromatic carbocycles. The molecule has 1 aliphatic rings. The summed E-state index contributed by atoms with van der Waals surface area (Å²) < 4.78 is 20.6. The van der Waals surface area contributed by atoms with Crippen molar-refractivity contribution in [3.05, 3.63) is 75.3 Å². The number of hydrogen-bond donors (Lipinski definition) is 2. The Morgan fingerprint density at radius 1 is 1.29 bits per heavy atom. The molecule has 160 valence electrons. The smallest absolute Gasteiger partial charge is 0.279 e. The zero-order valence-electron chi connectivity index (χ0n) is 16.9. The largest absolute Gasteiger partial charge is 0.504 e. The van der Waals surface area contributed by atoms with Gasteiger partial charge in [0.15, 0.2) is 16.7 Å². The first kappa shape index (κ1) is 20.9. The van der Waals surface area contributed by atoms with Crippen LogP contribution in [0.4, 0.5) is 10.2 Å². The number of anilines is 1. The standard InChI is InChI=1S/C22H20FN3O4S/c1-26-20-19(21(29)25-22(26)31-11-13-5-3-4-6-15(13)23)14(10-18(28)24-20)12-7-8-17(30-2)16(27)9-12/h3-9,14,27H,10-11H2,1-2H3,(H,24,28)/t14-/m0/s1. The third-order valence-electron chi connectivity index (χ3n) is 5.22. The Morgan fingerprint density at radius 2 is 2.06 bits per heavy atom. The fourth-order valence-electron chi connectivity index (χ4n) is 3.63. The molecule has 9 heteroatoms. The van der Waals surface area contributed by atoms with E-state index < -0.39 is 11.5 Å². The third-order valence-corrected chi connectivity index (χ3v) is 6.30. The number of fused-ring (bicyclic) bond motifs is 1. The minimum Gasteiger partial charge on any atom is -0.504 e. The average molecular weight is 441 g/mol. The van der Waals surface area contributed by atoms with Gasteiger partial charge in [-0.1, -0.05) is 36.0 Å². The molecule has 0 radical (unpaired) electrons. The number of phenolic OH excluding ortho intramolecular Hbond substituents is 1. The number of nitrogens with zero attached hydrogens (tertiary/aromatic N) is 2. The van der Waals surface area contributed by atoms with Crippen molar-refractivity contribution in [3.63, 3.8) is 0 Å². The number of halogens is 1. The second kappa shape index (κ2) is 8.43. The quantitative estimate of drug-likeness (QED) is 0.466. The first-order chi connectivity index (χ1) is 14.9. The summed E-state index contributed by atoms with van der Waals surface area (Å²) in [6, 6.07) is 11.2. The Morgan fingerprint density at radius 3 is 2.77 bits per heavy atom. The molecule has 1 aliphatic heterocycles. The van der Waals surface area contributed by atoms with Gasteiger partial charge in [-0.2, -0.15) is 4.98 Å². The van der Waals surface area contributed by atoms with Crippen molar-refractivity contribution in [1.82, 2.24) is 9.55 Å². The number of benzene rings is 2.